The number of hydrogen-bond donors (Lipinski definition) is 0. The maximum Gasteiger partial charge on any atom is 0.0654 e. The number of nitrogens with zero attached hydrogens (tertiary/aromatic N) is 1. The topological polar surface area (TPSA) is 21.7 Å². The van der Waals surface area contributed by atoms with Crippen molar-refractivity contribution in [3.05, 3.63) is 0 Å². The van der Waals surface area contributed by atoms with Gasteiger partial charge in [0.2, 0.25) is 0 Å². The molecule has 0 amide bonds. The molecule has 0 saturated carbocycles. The molecule has 3 nitrogen and oxygen atoms in total. The zero-order valence-electron chi connectivity index (χ0n) is 10.9. The molecule has 16 heavy (non-hydrogen) atoms. The molecule has 0 aromatic heterocycles. The molecule has 94 valence electrons. The summed E-state index contributed by atoms with van der Waals surface area (Å²) in [5, 5.41) is 0. The van der Waals surface area contributed by atoms with Gasteiger partial charge in [0.25, 0.3) is 0 Å². The van der Waals surface area contributed by atoms with Gasteiger partial charge in [-0.15, -0.1) is 0 Å². The van der Waals surface area contributed by atoms with Crippen molar-refractivity contribution in [3.63, 3.8) is 0 Å². The van der Waals surface area contributed by atoms with Crippen molar-refractivity contribution in [2.45, 2.75) is 57.2 Å². The van der Waals surface area contributed by atoms with Crippen LogP contribution in [0.2, 0.25) is 0 Å². The Balaban J connectivity index is 1.97. The first-order chi connectivity index (χ1) is 7.68. The maximum absolute atomic E-state index is 5.87. The van der Waals surface area contributed by atoms with Crippen molar-refractivity contribution in [2.24, 2.45) is 0 Å². The minimum atomic E-state index is 0.341. The number of methoxy groups -OCH3 is 1. The molecule has 0 radical (unpaired) electrons. The van der Waals surface area contributed by atoms with Gasteiger partial charge < -0.3 is 9.47 Å². The highest BCUT2D eigenvalue weighted by Crippen LogP contribution is 2.42. The van der Waals surface area contributed by atoms with Gasteiger partial charge in [-0.25, -0.2) is 0 Å². The van der Waals surface area contributed by atoms with Crippen LogP contribution in [0, 0.1) is 0 Å². The van der Waals surface area contributed by atoms with E-state index in [9.17, 15) is 0 Å². The lowest BCUT2D eigenvalue weighted by molar-refractivity contribution is -0.0127. The fraction of sp³-hybridized carbons (Fsp3) is 1.00. The summed E-state index contributed by atoms with van der Waals surface area (Å²) in [4.78, 5) is 2.65. The Morgan fingerprint density at radius 1 is 1.38 bits per heavy atom. The molecule has 2 rings (SSSR count). The number of hydrogen-bond acceptors (Lipinski definition) is 3. The van der Waals surface area contributed by atoms with Crippen LogP contribution in [0.4, 0.5) is 0 Å². The van der Waals surface area contributed by atoms with Gasteiger partial charge in [-0.2, -0.15) is 0 Å². The quantitative estimate of drug-likeness (QED) is 0.717. The summed E-state index contributed by atoms with van der Waals surface area (Å²) < 4.78 is 11.2. The van der Waals surface area contributed by atoms with Crippen LogP contribution >= 0.6 is 0 Å². The Morgan fingerprint density at radius 3 is 2.88 bits per heavy atom. The molecule has 0 bridgehead atoms. The summed E-state index contributed by atoms with van der Waals surface area (Å²) in [6.07, 6.45) is 5.53. The summed E-state index contributed by atoms with van der Waals surface area (Å²) in [5.74, 6) is 0. The third-order valence-corrected chi connectivity index (χ3v) is 4.08. The fourth-order valence-corrected chi connectivity index (χ4v) is 3.30. The first-order valence-corrected chi connectivity index (χ1v) is 6.55. The largest absolute Gasteiger partial charge is 0.383 e. The second-order valence-electron chi connectivity index (χ2n) is 5.53. The minimum absolute atomic E-state index is 0.341. The van der Waals surface area contributed by atoms with Crippen molar-refractivity contribution < 1.29 is 9.47 Å². The SMILES string of the molecule is COCC1CCC2(COC(C)C)CCCN12. The normalized spacial score (nSPS) is 34.9. The number of fused-ring (bicyclic) bond motifs is 1. The van der Waals surface area contributed by atoms with E-state index in [-0.39, 0.29) is 0 Å². The summed E-state index contributed by atoms with van der Waals surface area (Å²) in [5.41, 5.74) is 0.341. The summed E-state index contributed by atoms with van der Waals surface area (Å²) >= 11 is 0. The summed E-state index contributed by atoms with van der Waals surface area (Å²) in [7, 11) is 1.81. The highest BCUT2D eigenvalue weighted by Gasteiger charge is 2.49. The van der Waals surface area contributed by atoms with Crippen LogP contribution < -0.4 is 0 Å². The molecule has 2 heterocycles. The summed E-state index contributed by atoms with van der Waals surface area (Å²) in [6, 6.07) is 0.628. The summed E-state index contributed by atoms with van der Waals surface area (Å²) in [6.45, 7) is 7.26. The Kier molecular flexibility index (Phi) is 3.88. The van der Waals surface area contributed by atoms with E-state index in [2.05, 4.69) is 18.7 Å². The molecule has 0 N–H and O–H groups in total. The van der Waals surface area contributed by atoms with Gasteiger partial charge in [-0.05, 0) is 46.1 Å². The standard InChI is InChI=1S/C13H25NO2/c1-11(2)16-10-13-6-4-8-14(13)12(5-7-13)9-15-3/h11-12H,4-10H2,1-3H3. The highest BCUT2D eigenvalue weighted by atomic mass is 16.5. The van der Waals surface area contributed by atoms with Crippen molar-refractivity contribution in [3.8, 4) is 0 Å². The van der Waals surface area contributed by atoms with E-state index >= 15 is 0 Å². The molecule has 0 aliphatic carbocycles. The average Bonchev–Trinajstić information content (AvgIpc) is 2.77. The smallest absolute Gasteiger partial charge is 0.0654 e. The number of rotatable bonds is 5. The second-order valence-corrected chi connectivity index (χ2v) is 5.53. The third-order valence-electron chi connectivity index (χ3n) is 4.08. The predicted molar refractivity (Wildman–Crippen MR) is 64.7 cm³/mol. The Labute approximate surface area is 99.1 Å². The minimum Gasteiger partial charge on any atom is -0.383 e. The molecule has 3 heteroatoms. The van der Waals surface area contributed by atoms with Gasteiger partial charge in [-0.1, -0.05) is 0 Å². The zero-order chi connectivity index (χ0) is 11.6. The maximum atomic E-state index is 5.87. The van der Waals surface area contributed by atoms with Crippen LogP contribution in [0.15, 0.2) is 0 Å². The van der Waals surface area contributed by atoms with E-state index in [0.717, 1.165) is 13.2 Å². The fourth-order valence-electron chi connectivity index (χ4n) is 3.30. The van der Waals surface area contributed by atoms with E-state index in [1.165, 1.54) is 32.2 Å². The molecule has 2 aliphatic heterocycles. The lowest BCUT2D eigenvalue weighted by atomic mass is 9.95. The van der Waals surface area contributed by atoms with Gasteiger partial charge in [0.1, 0.15) is 0 Å². The Hall–Kier alpha value is -0.120. The lowest BCUT2D eigenvalue weighted by Crippen LogP contribution is -2.47. The van der Waals surface area contributed by atoms with Gasteiger partial charge in [0, 0.05) is 18.7 Å². The van der Waals surface area contributed by atoms with Gasteiger partial charge in [0.15, 0.2) is 0 Å². The van der Waals surface area contributed by atoms with Crippen molar-refractivity contribution in [2.75, 3.05) is 26.9 Å². The molecular weight excluding hydrogens is 202 g/mol. The van der Waals surface area contributed by atoms with Crippen LogP contribution in [0.1, 0.15) is 39.5 Å². The van der Waals surface area contributed by atoms with E-state index in [1.807, 2.05) is 0 Å². The van der Waals surface area contributed by atoms with Gasteiger partial charge in [0.05, 0.1) is 19.3 Å². The van der Waals surface area contributed by atoms with Crippen molar-refractivity contribution >= 4 is 0 Å². The van der Waals surface area contributed by atoms with Crippen molar-refractivity contribution in [1.82, 2.24) is 4.90 Å². The van der Waals surface area contributed by atoms with Gasteiger partial charge in [-0.3, -0.25) is 4.90 Å². The van der Waals surface area contributed by atoms with E-state index < -0.39 is 0 Å². The van der Waals surface area contributed by atoms with Crippen LogP contribution in [0.3, 0.4) is 0 Å². The van der Waals surface area contributed by atoms with Crippen LogP contribution in [0.25, 0.3) is 0 Å². The molecule has 2 saturated heterocycles. The third kappa shape index (κ3) is 2.27. The predicted octanol–water partition coefficient (Wildman–Crippen LogP) is 2.05. The van der Waals surface area contributed by atoms with Crippen molar-refractivity contribution in [1.29, 1.82) is 0 Å². The van der Waals surface area contributed by atoms with Crippen LogP contribution in [0.5, 0.6) is 0 Å². The first-order valence-electron chi connectivity index (χ1n) is 6.55. The zero-order valence-corrected chi connectivity index (χ0v) is 10.9. The van der Waals surface area contributed by atoms with E-state index in [1.54, 1.807) is 7.11 Å². The molecule has 2 unspecified atom stereocenters. The molecule has 0 aromatic carbocycles. The Morgan fingerprint density at radius 2 is 2.19 bits per heavy atom. The highest BCUT2D eigenvalue weighted by molar-refractivity contribution is 5.04. The molecule has 2 aliphatic rings. The monoisotopic (exact) mass is 227 g/mol. The molecule has 0 spiro atoms. The number of ether oxygens (including phenoxy) is 2. The molecule has 0 aromatic rings. The van der Waals surface area contributed by atoms with E-state index in [0.29, 0.717) is 17.7 Å². The van der Waals surface area contributed by atoms with Crippen LogP contribution in [-0.2, 0) is 9.47 Å². The molecule has 2 fully saturated rings. The molecule has 2 atom stereocenters. The van der Waals surface area contributed by atoms with Crippen LogP contribution in [-0.4, -0.2) is 49.5 Å². The lowest BCUT2D eigenvalue weighted by Gasteiger charge is -2.35. The second kappa shape index (κ2) is 5.03. The first kappa shape index (κ1) is 12.3. The van der Waals surface area contributed by atoms with E-state index in [4.69, 9.17) is 9.47 Å². The molecular formula is C13H25NO2. The Bertz CT molecular complexity index is 232. The average molecular weight is 227 g/mol. The van der Waals surface area contributed by atoms with Gasteiger partial charge >= 0.3 is 0 Å².